The Kier molecular flexibility index (Phi) is 5.28. The fourth-order valence-electron chi connectivity index (χ4n) is 4.17. The fourth-order valence-corrected chi connectivity index (χ4v) is 4.83. The predicted molar refractivity (Wildman–Crippen MR) is 99.5 cm³/mol. The topological polar surface area (TPSA) is 15.7 Å². The van der Waals surface area contributed by atoms with Crippen LogP contribution in [0.5, 0.6) is 0 Å². The summed E-state index contributed by atoms with van der Waals surface area (Å²) in [5.41, 5.74) is 2.92. The third-order valence-corrected chi connectivity index (χ3v) is 6.13. The summed E-state index contributed by atoms with van der Waals surface area (Å²) in [5.74, 6) is 0. The van der Waals surface area contributed by atoms with E-state index < -0.39 is 0 Å². The van der Waals surface area contributed by atoms with Crippen molar-refractivity contribution >= 4 is 11.3 Å². The Hall–Kier alpha value is -1.20. The fraction of sp³-hybridized carbons (Fsp3) is 0.500. The summed E-state index contributed by atoms with van der Waals surface area (Å²) >= 11 is 1.80. The summed E-state index contributed by atoms with van der Waals surface area (Å²) in [7, 11) is 0. The van der Waals surface area contributed by atoms with E-state index in [0.29, 0.717) is 12.1 Å². The van der Waals surface area contributed by atoms with Gasteiger partial charge in [-0.05, 0) is 40.8 Å². The summed E-state index contributed by atoms with van der Waals surface area (Å²) in [5, 5.41) is 4.48. The van der Waals surface area contributed by atoms with Gasteiger partial charge in [-0.25, -0.2) is 0 Å². The second-order valence-electron chi connectivity index (χ2n) is 6.86. The molecule has 2 aliphatic heterocycles. The number of ether oxygens (including phenoxy) is 1. The molecule has 0 unspecified atom stereocenters. The number of benzene rings is 1. The molecule has 0 saturated carbocycles. The molecule has 2 fully saturated rings. The SMILES string of the molecule is c1ccc(C[C@H]2[C@H](N3CCOCC3)CCN2Cc2ccsc2)cc1. The van der Waals surface area contributed by atoms with E-state index in [1.807, 2.05) is 0 Å². The first-order valence-corrected chi connectivity index (χ1v) is 9.95. The van der Waals surface area contributed by atoms with E-state index in [-0.39, 0.29) is 0 Å². The van der Waals surface area contributed by atoms with Crippen molar-refractivity contribution in [3.05, 3.63) is 58.3 Å². The van der Waals surface area contributed by atoms with Crippen LogP contribution < -0.4 is 0 Å². The first-order valence-electron chi connectivity index (χ1n) is 9.01. The molecule has 2 aliphatic rings. The standard InChI is InChI=1S/C20H26N2OS/c1-2-4-17(5-3-1)14-20-19(21-9-11-23-12-10-21)6-8-22(20)15-18-7-13-24-16-18/h1-5,7,13,16,19-20H,6,8-12,14-15H2/t19-,20+/m1/s1. The first kappa shape index (κ1) is 16.3. The van der Waals surface area contributed by atoms with E-state index in [2.05, 4.69) is 57.0 Å². The highest BCUT2D eigenvalue weighted by Crippen LogP contribution is 2.28. The maximum absolute atomic E-state index is 5.57. The lowest BCUT2D eigenvalue weighted by molar-refractivity contribution is 0.00789. The molecule has 2 atom stereocenters. The molecule has 2 aromatic rings. The van der Waals surface area contributed by atoms with Crippen LogP contribution in [-0.4, -0.2) is 54.7 Å². The lowest BCUT2D eigenvalue weighted by Gasteiger charge is -2.37. The molecule has 0 radical (unpaired) electrons. The predicted octanol–water partition coefficient (Wildman–Crippen LogP) is 3.27. The highest BCUT2D eigenvalue weighted by Gasteiger charge is 2.38. The minimum Gasteiger partial charge on any atom is -0.379 e. The van der Waals surface area contributed by atoms with Gasteiger partial charge in [-0.2, -0.15) is 11.3 Å². The van der Waals surface area contributed by atoms with Crippen molar-refractivity contribution in [2.24, 2.45) is 0 Å². The summed E-state index contributed by atoms with van der Waals surface area (Å²) in [6.45, 7) is 6.24. The third kappa shape index (κ3) is 3.72. The lowest BCUT2D eigenvalue weighted by atomic mass is 9.98. The average molecular weight is 343 g/mol. The van der Waals surface area contributed by atoms with Crippen molar-refractivity contribution in [2.75, 3.05) is 32.8 Å². The Bertz CT molecular complexity index is 610. The molecule has 0 bridgehead atoms. The van der Waals surface area contributed by atoms with Gasteiger partial charge in [-0.15, -0.1) is 0 Å². The maximum Gasteiger partial charge on any atom is 0.0594 e. The van der Waals surface area contributed by atoms with E-state index >= 15 is 0 Å². The maximum atomic E-state index is 5.57. The van der Waals surface area contributed by atoms with Crippen LogP contribution in [-0.2, 0) is 17.7 Å². The number of likely N-dealkylation sites (tertiary alicyclic amines) is 1. The van der Waals surface area contributed by atoms with Gasteiger partial charge in [-0.3, -0.25) is 9.80 Å². The molecule has 4 rings (SSSR count). The number of morpholine rings is 1. The van der Waals surface area contributed by atoms with Crippen molar-refractivity contribution in [1.29, 1.82) is 0 Å². The number of hydrogen-bond acceptors (Lipinski definition) is 4. The van der Waals surface area contributed by atoms with Crippen molar-refractivity contribution in [1.82, 2.24) is 9.80 Å². The van der Waals surface area contributed by atoms with E-state index in [1.165, 1.54) is 24.1 Å². The van der Waals surface area contributed by atoms with Crippen LogP contribution in [0.2, 0.25) is 0 Å². The Labute approximate surface area is 148 Å². The molecule has 4 heteroatoms. The molecule has 0 spiro atoms. The van der Waals surface area contributed by atoms with Gasteiger partial charge in [0.05, 0.1) is 13.2 Å². The highest BCUT2D eigenvalue weighted by molar-refractivity contribution is 7.07. The minimum atomic E-state index is 0.602. The van der Waals surface area contributed by atoms with Gasteiger partial charge < -0.3 is 4.74 Å². The van der Waals surface area contributed by atoms with Crippen LogP contribution in [0.4, 0.5) is 0 Å². The first-order chi connectivity index (χ1) is 11.9. The Morgan fingerprint density at radius 1 is 1.00 bits per heavy atom. The Morgan fingerprint density at radius 2 is 1.83 bits per heavy atom. The second kappa shape index (κ2) is 7.79. The molecule has 0 aliphatic carbocycles. The highest BCUT2D eigenvalue weighted by atomic mass is 32.1. The normalized spacial score (nSPS) is 26.0. The summed E-state index contributed by atoms with van der Waals surface area (Å²) in [6.07, 6.45) is 2.43. The average Bonchev–Trinajstić information content (AvgIpc) is 3.28. The molecule has 1 aromatic heterocycles. The van der Waals surface area contributed by atoms with E-state index in [9.17, 15) is 0 Å². The summed E-state index contributed by atoms with van der Waals surface area (Å²) in [6, 6.07) is 14.5. The van der Waals surface area contributed by atoms with E-state index in [1.54, 1.807) is 11.3 Å². The van der Waals surface area contributed by atoms with Gasteiger partial charge in [-0.1, -0.05) is 30.3 Å². The minimum absolute atomic E-state index is 0.602. The molecule has 1 aromatic carbocycles. The van der Waals surface area contributed by atoms with Gasteiger partial charge in [0.2, 0.25) is 0 Å². The second-order valence-corrected chi connectivity index (χ2v) is 7.64. The van der Waals surface area contributed by atoms with Crippen molar-refractivity contribution < 1.29 is 4.74 Å². The zero-order valence-electron chi connectivity index (χ0n) is 14.1. The molecule has 128 valence electrons. The van der Waals surface area contributed by atoms with E-state index in [0.717, 1.165) is 39.3 Å². The number of thiophene rings is 1. The molecule has 3 nitrogen and oxygen atoms in total. The zero-order chi connectivity index (χ0) is 16.2. The lowest BCUT2D eigenvalue weighted by Crippen LogP contribution is -2.50. The van der Waals surface area contributed by atoms with Crippen LogP contribution in [0, 0.1) is 0 Å². The van der Waals surface area contributed by atoms with Gasteiger partial charge in [0, 0.05) is 38.3 Å². The molecule has 3 heterocycles. The summed E-state index contributed by atoms with van der Waals surface area (Å²) < 4.78 is 5.57. The van der Waals surface area contributed by atoms with Crippen LogP contribution >= 0.6 is 11.3 Å². The number of hydrogen-bond donors (Lipinski definition) is 0. The third-order valence-electron chi connectivity index (χ3n) is 5.39. The van der Waals surface area contributed by atoms with Gasteiger partial charge in [0.25, 0.3) is 0 Å². The summed E-state index contributed by atoms with van der Waals surface area (Å²) in [4.78, 5) is 5.37. The number of nitrogens with zero attached hydrogens (tertiary/aromatic N) is 2. The largest absolute Gasteiger partial charge is 0.379 e. The molecule has 2 saturated heterocycles. The van der Waals surface area contributed by atoms with Crippen molar-refractivity contribution in [2.45, 2.75) is 31.5 Å². The van der Waals surface area contributed by atoms with Crippen molar-refractivity contribution in [3.63, 3.8) is 0 Å². The molecule has 0 amide bonds. The molecule has 24 heavy (non-hydrogen) atoms. The molecular weight excluding hydrogens is 316 g/mol. The molecule has 0 N–H and O–H groups in total. The molecular formula is C20H26N2OS. The van der Waals surface area contributed by atoms with Crippen molar-refractivity contribution in [3.8, 4) is 0 Å². The Balaban J connectivity index is 1.52. The van der Waals surface area contributed by atoms with Gasteiger partial charge in [0.15, 0.2) is 0 Å². The van der Waals surface area contributed by atoms with Crippen LogP contribution in [0.25, 0.3) is 0 Å². The zero-order valence-corrected chi connectivity index (χ0v) is 15.0. The monoisotopic (exact) mass is 342 g/mol. The van der Waals surface area contributed by atoms with Crippen LogP contribution in [0.1, 0.15) is 17.5 Å². The van der Waals surface area contributed by atoms with Crippen LogP contribution in [0.15, 0.2) is 47.2 Å². The Morgan fingerprint density at radius 3 is 2.58 bits per heavy atom. The van der Waals surface area contributed by atoms with Gasteiger partial charge in [0.1, 0.15) is 0 Å². The van der Waals surface area contributed by atoms with E-state index in [4.69, 9.17) is 4.74 Å². The quantitative estimate of drug-likeness (QED) is 0.829. The van der Waals surface area contributed by atoms with Crippen LogP contribution in [0.3, 0.4) is 0 Å². The van der Waals surface area contributed by atoms with Gasteiger partial charge >= 0.3 is 0 Å². The number of rotatable bonds is 5. The smallest absolute Gasteiger partial charge is 0.0594 e.